The Morgan fingerprint density at radius 3 is 3.00 bits per heavy atom. The fourth-order valence-electron chi connectivity index (χ4n) is 1.99. The second kappa shape index (κ2) is 5.34. The zero-order valence-electron chi connectivity index (χ0n) is 11.0. The summed E-state index contributed by atoms with van der Waals surface area (Å²) in [6, 6.07) is 3.95. The number of hydrogen-bond donors (Lipinski definition) is 1. The van der Waals surface area contributed by atoms with Gasteiger partial charge in [-0.25, -0.2) is 9.67 Å². The summed E-state index contributed by atoms with van der Waals surface area (Å²) in [6.45, 7) is 4.67. The summed E-state index contributed by atoms with van der Waals surface area (Å²) in [5.41, 5.74) is 2.42. The Morgan fingerprint density at radius 1 is 1.35 bits per heavy atom. The molecule has 0 atom stereocenters. The number of hydrogen-bond acceptors (Lipinski definition) is 6. The van der Waals surface area contributed by atoms with Crippen LogP contribution in [0.2, 0.25) is 5.02 Å². The molecule has 0 aliphatic rings. The highest BCUT2D eigenvalue weighted by Gasteiger charge is 2.12. The quantitative estimate of drug-likeness (QED) is 0.802. The average Bonchev–Trinajstić information content (AvgIpc) is 3.05. The number of halogens is 1. The molecule has 0 bridgehead atoms. The molecule has 0 spiro atoms. The molecule has 0 saturated heterocycles. The molecule has 2 aromatic heterocycles. The van der Waals surface area contributed by atoms with Gasteiger partial charge >= 0.3 is 0 Å². The normalized spacial score (nSPS) is 11.4. The highest BCUT2D eigenvalue weighted by atomic mass is 35.5. The smallest absolute Gasteiger partial charge is 0.146 e. The van der Waals surface area contributed by atoms with Crippen molar-refractivity contribution < 1.29 is 0 Å². The first-order valence-electron chi connectivity index (χ1n) is 6.20. The number of aromatic nitrogens is 5. The zero-order valence-corrected chi connectivity index (χ0v) is 12.6. The molecule has 2 heterocycles. The highest BCUT2D eigenvalue weighted by Crippen LogP contribution is 2.30. The Bertz CT molecular complexity index is 734. The maximum Gasteiger partial charge on any atom is 0.146 e. The summed E-state index contributed by atoms with van der Waals surface area (Å²) in [5, 5.41) is 8.12. The number of anilines is 1. The van der Waals surface area contributed by atoms with Crippen LogP contribution in [0.4, 0.5) is 5.69 Å². The van der Waals surface area contributed by atoms with Crippen molar-refractivity contribution in [2.45, 2.75) is 26.4 Å². The molecule has 104 valence electrons. The largest absolute Gasteiger partial charge is 0.375 e. The fraction of sp³-hybridized carbons (Fsp3) is 0.333. The molecule has 0 aliphatic heterocycles. The molecular weight excluding hydrogens is 296 g/mol. The van der Waals surface area contributed by atoms with E-state index in [0.717, 1.165) is 22.5 Å². The second-order valence-electron chi connectivity index (χ2n) is 4.62. The molecule has 1 N–H and O–H groups in total. The number of fused-ring (bicyclic) bond motifs is 1. The third kappa shape index (κ3) is 2.34. The molecule has 0 radical (unpaired) electrons. The van der Waals surface area contributed by atoms with Gasteiger partial charge in [0.05, 0.1) is 29.0 Å². The van der Waals surface area contributed by atoms with Crippen molar-refractivity contribution in [3.8, 4) is 0 Å². The van der Waals surface area contributed by atoms with Crippen molar-refractivity contribution in [3.63, 3.8) is 0 Å². The Hall–Kier alpha value is -1.73. The van der Waals surface area contributed by atoms with Crippen molar-refractivity contribution in [2.75, 3.05) is 5.32 Å². The monoisotopic (exact) mass is 308 g/mol. The van der Waals surface area contributed by atoms with E-state index < -0.39 is 0 Å². The third-order valence-electron chi connectivity index (χ3n) is 2.94. The van der Waals surface area contributed by atoms with Crippen molar-refractivity contribution in [1.82, 2.24) is 23.5 Å². The third-order valence-corrected chi connectivity index (χ3v) is 3.79. The first-order chi connectivity index (χ1) is 9.66. The lowest BCUT2D eigenvalue weighted by Crippen LogP contribution is -2.12. The van der Waals surface area contributed by atoms with Crippen LogP contribution in [0.25, 0.3) is 11.0 Å². The van der Waals surface area contributed by atoms with Crippen molar-refractivity contribution in [3.05, 3.63) is 29.3 Å². The molecule has 1 aromatic carbocycles. The second-order valence-corrected chi connectivity index (χ2v) is 5.56. The van der Waals surface area contributed by atoms with E-state index in [9.17, 15) is 0 Å². The van der Waals surface area contributed by atoms with Crippen LogP contribution in [-0.2, 0) is 6.54 Å². The topological polar surface area (TPSA) is 68.5 Å². The summed E-state index contributed by atoms with van der Waals surface area (Å²) in [4.78, 5) is 4.26. The fourth-order valence-corrected chi connectivity index (χ4v) is 2.76. The van der Waals surface area contributed by atoms with Gasteiger partial charge in [-0.05, 0) is 26.0 Å². The van der Waals surface area contributed by atoms with Crippen LogP contribution < -0.4 is 5.32 Å². The van der Waals surface area contributed by atoms with Crippen LogP contribution >= 0.6 is 23.3 Å². The van der Waals surface area contributed by atoms with E-state index in [4.69, 9.17) is 11.6 Å². The van der Waals surface area contributed by atoms with E-state index in [1.54, 1.807) is 6.33 Å². The van der Waals surface area contributed by atoms with Gasteiger partial charge in [0.15, 0.2) is 0 Å². The van der Waals surface area contributed by atoms with Crippen LogP contribution in [0.1, 0.15) is 25.7 Å². The molecule has 0 unspecified atom stereocenters. The first-order valence-corrected chi connectivity index (χ1v) is 7.30. The Kier molecular flexibility index (Phi) is 3.54. The number of benzene rings is 1. The minimum absolute atomic E-state index is 0.265. The number of nitrogens with one attached hydrogen (secondary N) is 1. The summed E-state index contributed by atoms with van der Waals surface area (Å²) >= 11 is 7.41. The number of nitrogens with zero attached hydrogens (tertiary/aromatic N) is 5. The molecule has 0 amide bonds. The average molecular weight is 309 g/mol. The van der Waals surface area contributed by atoms with Gasteiger partial charge in [-0.1, -0.05) is 11.6 Å². The van der Waals surface area contributed by atoms with Crippen LogP contribution in [0.3, 0.4) is 0 Å². The molecular formula is C12H13ClN6S. The van der Waals surface area contributed by atoms with E-state index in [1.165, 1.54) is 11.7 Å². The molecule has 0 saturated carbocycles. The van der Waals surface area contributed by atoms with Crippen LogP contribution in [0.15, 0.2) is 18.5 Å². The standard InChI is InChI=1S/C12H13ClN6S/c1-7(2)19-10(15-6-16-19)5-14-11-8(13)3-4-9-12(11)18-20-17-9/h3-4,6-7,14H,5H2,1-2H3. The molecule has 0 aliphatic carbocycles. The molecule has 3 aromatic rings. The van der Waals surface area contributed by atoms with Gasteiger partial charge in [0.25, 0.3) is 0 Å². The van der Waals surface area contributed by atoms with E-state index in [2.05, 4.69) is 38.0 Å². The SMILES string of the molecule is CC(C)n1ncnc1CNc1c(Cl)ccc2nsnc12. The van der Waals surface area contributed by atoms with Gasteiger partial charge in [-0.2, -0.15) is 13.8 Å². The molecule has 8 heteroatoms. The Labute approximate surface area is 125 Å². The number of rotatable bonds is 4. The lowest BCUT2D eigenvalue weighted by molar-refractivity contribution is 0.509. The maximum absolute atomic E-state index is 6.23. The van der Waals surface area contributed by atoms with E-state index >= 15 is 0 Å². The minimum atomic E-state index is 0.265. The minimum Gasteiger partial charge on any atom is -0.375 e. The van der Waals surface area contributed by atoms with Gasteiger partial charge in [0.2, 0.25) is 0 Å². The lowest BCUT2D eigenvalue weighted by atomic mass is 10.2. The van der Waals surface area contributed by atoms with Crippen molar-refractivity contribution in [2.24, 2.45) is 0 Å². The van der Waals surface area contributed by atoms with Gasteiger partial charge in [0.1, 0.15) is 23.2 Å². The van der Waals surface area contributed by atoms with Gasteiger partial charge in [0, 0.05) is 6.04 Å². The summed E-state index contributed by atoms with van der Waals surface area (Å²) in [7, 11) is 0. The van der Waals surface area contributed by atoms with E-state index in [0.29, 0.717) is 11.6 Å². The van der Waals surface area contributed by atoms with Crippen molar-refractivity contribution >= 4 is 40.0 Å². The molecule has 0 fully saturated rings. The zero-order chi connectivity index (χ0) is 14.1. The lowest BCUT2D eigenvalue weighted by Gasteiger charge is -2.11. The van der Waals surface area contributed by atoms with Crippen LogP contribution in [0.5, 0.6) is 0 Å². The predicted molar refractivity (Wildman–Crippen MR) is 80.2 cm³/mol. The van der Waals surface area contributed by atoms with Crippen LogP contribution in [-0.4, -0.2) is 23.5 Å². The molecule has 20 heavy (non-hydrogen) atoms. The first kappa shape index (κ1) is 13.3. The summed E-state index contributed by atoms with van der Waals surface area (Å²) < 4.78 is 10.4. The van der Waals surface area contributed by atoms with E-state index in [1.807, 2.05) is 16.8 Å². The van der Waals surface area contributed by atoms with Gasteiger partial charge in [-0.15, -0.1) is 0 Å². The maximum atomic E-state index is 6.23. The van der Waals surface area contributed by atoms with Crippen molar-refractivity contribution in [1.29, 1.82) is 0 Å². The van der Waals surface area contributed by atoms with Gasteiger partial charge in [-0.3, -0.25) is 0 Å². The summed E-state index contributed by atoms with van der Waals surface area (Å²) in [5.74, 6) is 0.858. The Balaban J connectivity index is 1.88. The predicted octanol–water partition coefficient (Wildman–Crippen LogP) is 3.13. The van der Waals surface area contributed by atoms with Gasteiger partial charge < -0.3 is 5.32 Å². The van der Waals surface area contributed by atoms with Crippen LogP contribution in [0, 0.1) is 0 Å². The highest BCUT2D eigenvalue weighted by molar-refractivity contribution is 7.00. The molecule has 6 nitrogen and oxygen atoms in total. The Morgan fingerprint density at radius 2 is 2.20 bits per heavy atom. The molecule has 3 rings (SSSR count). The summed E-state index contributed by atoms with van der Waals surface area (Å²) in [6.07, 6.45) is 1.56. The van der Waals surface area contributed by atoms with E-state index in [-0.39, 0.29) is 6.04 Å².